The van der Waals surface area contributed by atoms with Crippen LogP contribution in [0.3, 0.4) is 0 Å². The largest absolute Gasteiger partial charge is 0.396 e. The van der Waals surface area contributed by atoms with Crippen molar-refractivity contribution in [3.8, 4) is 5.69 Å². The first-order valence-corrected chi connectivity index (χ1v) is 6.22. The lowest BCUT2D eigenvalue weighted by molar-refractivity contribution is 0.562. The van der Waals surface area contributed by atoms with Gasteiger partial charge in [0.25, 0.3) is 0 Å². The Morgan fingerprint density at radius 1 is 1.17 bits per heavy atom. The Kier molecular flexibility index (Phi) is 2.93. The Morgan fingerprint density at radius 2 is 1.83 bits per heavy atom. The van der Waals surface area contributed by atoms with Crippen LogP contribution in [0.2, 0.25) is 0 Å². The third-order valence-corrected chi connectivity index (χ3v) is 3.05. The molecule has 0 saturated carbocycles. The molecular formula is C15H21N3. The highest BCUT2D eigenvalue weighted by Gasteiger charge is 2.21. The van der Waals surface area contributed by atoms with Crippen LogP contribution in [0.1, 0.15) is 37.6 Å². The Hall–Kier alpha value is -1.77. The first-order chi connectivity index (χ1) is 8.29. The lowest BCUT2D eigenvalue weighted by atomic mass is 9.92. The zero-order chi connectivity index (χ0) is 13.5. The lowest BCUT2D eigenvalue weighted by Gasteiger charge is -2.15. The fourth-order valence-electron chi connectivity index (χ4n) is 2.16. The van der Waals surface area contributed by atoms with Gasteiger partial charge in [-0.3, -0.25) is 0 Å². The highest BCUT2D eigenvalue weighted by atomic mass is 15.3. The van der Waals surface area contributed by atoms with Gasteiger partial charge in [-0.25, -0.2) is 4.68 Å². The van der Waals surface area contributed by atoms with E-state index < -0.39 is 0 Å². The van der Waals surface area contributed by atoms with Gasteiger partial charge in [-0.05, 0) is 25.5 Å². The van der Waals surface area contributed by atoms with Crippen molar-refractivity contribution in [3.63, 3.8) is 0 Å². The molecule has 0 radical (unpaired) electrons. The van der Waals surface area contributed by atoms with E-state index in [1.807, 2.05) is 10.9 Å². The molecule has 0 bridgehead atoms. The molecule has 0 unspecified atom stereocenters. The van der Waals surface area contributed by atoms with Gasteiger partial charge in [-0.1, -0.05) is 38.5 Å². The molecule has 1 aromatic heterocycles. The van der Waals surface area contributed by atoms with Crippen molar-refractivity contribution in [1.82, 2.24) is 9.78 Å². The minimum absolute atomic E-state index is 0.0338. The van der Waals surface area contributed by atoms with E-state index in [2.05, 4.69) is 57.9 Å². The zero-order valence-electron chi connectivity index (χ0n) is 11.8. The Balaban J connectivity index is 2.53. The van der Waals surface area contributed by atoms with Crippen LogP contribution in [0.15, 0.2) is 24.4 Å². The Morgan fingerprint density at radius 3 is 2.33 bits per heavy atom. The van der Waals surface area contributed by atoms with Crippen molar-refractivity contribution in [1.29, 1.82) is 0 Å². The van der Waals surface area contributed by atoms with E-state index in [4.69, 9.17) is 5.73 Å². The standard InChI is InChI=1S/C15H21N3/c1-10-6-7-13(11(2)8-10)18-9-12(16)14(17-18)15(3,4)5/h6-9H,16H2,1-5H3. The van der Waals surface area contributed by atoms with Gasteiger partial charge < -0.3 is 5.73 Å². The summed E-state index contributed by atoms with van der Waals surface area (Å²) in [5.74, 6) is 0. The van der Waals surface area contributed by atoms with Crippen LogP contribution in [0.5, 0.6) is 0 Å². The molecular weight excluding hydrogens is 222 g/mol. The summed E-state index contributed by atoms with van der Waals surface area (Å²) in [5, 5.41) is 4.63. The molecule has 0 amide bonds. The normalized spacial score (nSPS) is 11.8. The summed E-state index contributed by atoms with van der Waals surface area (Å²) in [6, 6.07) is 6.34. The molecule has 2 rings (SSSR count). The van der Waals surface area contributed by atoms with Crippen LogP contribution >= 0.6 is 0 Å². The number of rotatable bonds is 1. The van der Waals surface area contributed by atoms with Gasteiger partial charge >= 0.3 is 0 Å². The van der Waals surface area contributed by atoms with Gasteiger partial charge in [0, 0.05) is 5.41 Å². The maximum atomic E-state index is 6.06. The molecule has 0 atom stereocenters. The molecule has 0 spiro atoms. The van der Waals surface area contributed by atoms with Gasteiger partial charge in [-0.2, -0.15) is 5.10 Å². The smallest absolute Gasteiger partial charge is 0.0911 e. The number of anilines is 1. The number of hydrogen-bond donors (Lipinski definition) is 1. The average molecular weight is 243 g/mol. The van der Waals surface area contributed by atoms with Crippen LogP contribution in [-0.2, 0) is 5.41 Å². The third-order valence-electron chi connectivity index (χ3n) is 3.05. The summed E-state index contributed by atoms with van der Waals surface area (Å²) in [7, 11) is 0. The van der Waals surface area contributed by atoms with Gasteiger partial charge in [0.15, 0.2) is 0 Å². The lowest BCUT2D eigenvalue weighted by Crippen LogP contribution is -2.14. The fraction of sp³-hybridized carbons (Fsp3) is 0.400. The second kappa shape index (κ2) is 4.16. The van der Waals surface area contributed by atoms with Crippen LogP contribution in [0.25, 0.3) is 5.69 Å². The first kappa shape index (κ1) is 12.7. The van der Waals surface area contributed by atoms with E-state index in [9.17, 15) is 0 Å². The van der Waals surface area contributed by atoms with Crippen molar-refractivity contribution >= 4 is 5.69 Å². The maximum Gasteiger partial charge on any atom is 0.0911 e. The summed E-state index contributed by atoms with van der Waals surface area (Å²) in [6.45, 7) is 10.6. The summed E-state index contributed by atoms with van der Waals surface area (Å²) >= 11 is 0. The van der Waals surface area contributed by atoms with E-state index >= 15 is 0 Å². The molecule has 1 aromatic carbocycles. The number of benzene rings is 1. The van der Waals surface area contributed by atoms with Gasteiger partial charge in [0.1, 0.15) is 0 Å². The summed E-state index contributed by atoms with van der Waals surface area (Å²) in [4.78, 5) is 0. The van der Waals surface area contributed by atoms with Crippen molar-refractivity contribution in [2.45, 2.75) is 40.0 Å². The van der Waals surface area contributed by atoms with Crippen molar-refractivity contribution in [3.05, 3.63) is 41.2 Å². The molecule has 96 valence electrons. The minimum Gasteiger partial charge on any atom is -0.396 e. The number of aromatic nitrogens is 2. The molecule has 2 aromatic rings. The minimum atomic E-state index is -0.0338. The molecule has 18 heavy (non-hydrogen) atoms. The van der Waals surface area contributed by atoms with E-state index in [-0.39, 0.29) is 5.41 Å². The molecule has 2 N–H and O–H groups in total. The van der Waals surface area contributed by atoms with E-state index in [1.54, 1.807) is 0 Å². The molecule has 1 heterocycles. The Labute approximate surface area is 109 Å². The third kappa shape index (κ3) is 2.26. The van der Waals surface area contributed by atoms with Gasteiger partial charge in [0.05, 0.1) is 23.3 Å². The number of nitrogens with two attached hydrogens (primary N) is 1. The van der Waals surface area contributed by atoms with E-state index in [1.165, 1.54) is 11.1 Å². The number of aryl methyl sites for hydroxylation is 2. The monoisotopic (exact) mass is 243 g/mol. The quantitative estimate of drug-likeness (QED) is 0.834. The first-order valence-electron chi connectivity index (χ1n) is 6.22. The second-order valence-electron chi connectivity index (χ2n) is 5.92. The Bertz CT molecular complexity index is 574. The number of hydrogen-bond acceptors (Lipinski definition) is 2. The van der Waals surface area contributed by atoms with Crippen LogP contribution in [-0.4, -0.2) is 9.78 Å². The number of nitrogens with zero attached hydrogens (tertiary/aromatic N) is 2. The SMILES string of the molecule is Cc1ccc(-n2cc(N)c(C(C)(C)C)n2)c(C)c1. The van der Waals surface area contributed by atoms with Gasteiger partial charge in [0.2, 0.25) is 0 Å². The van der Waals surface area contributed by atoms with Crippen molar-refractivity contribution in [2.75, 3.05) is 5.73 Å². The topological polar surface area (TPSA) is 43.8 Å². The van der Waals surface area contributed by atoms with Crippen molar-refractivity contribution in [2.24, 2.45) is 0 Å². The molecule has 3 nitrogen and oxygen atoms in total. The zero-order valence-corrected chi connectivity index (χ0v) is 11.8. The van der Waals surface area contributed by atoms with E-state index in [0.29, 0.717) is 0 Å². The van der Waals surface area contributed by atoms with Gasteiger partial charge in [-0.15, -0.1) is 0 Å². The van der Waals surface area contributed by atoms with E-state index in [0.717, 1.165) is 17.1 Å². The molecule has 0 fully saturated rings. The average Bonchev–Trinajstić information content (AvgIpc) is 2.59. The molecule has 0 aliphatic rings. The number of nitrogen functional groups attached to an aromatic ring is 1. The fourth-order valence-corrected chi connectivity index (χ4v) is 2.16. The highest BCUT2D eigenvalue weighted by molar-refractivity contribution is 5.49. The molecule has 0 saturated heterocycles. The second-order valence-corrected chi connectivity index (χ2v) is 5.92. The highest BCUT2D eigenvalue weighted by Crippen LogP contribution is 2.27. The van der Waals surface area contributed by atoms with Crippen LogP contribution in [0.4, 0.5) is 5.69 Å². The van der Waals surface area contributed by atoms with Crippen LogP contribution in [0, 0.1) is 13.8 Å². The molecule has 0 aliphatic carbocycles. The maximum absolute atomic E-state index is 6.06. The van der Waals surface area contributed by atoms with Crippen molar-refractivity contribution < 1.29 is 0 Å². The summed E-state index contributed by atoms with van der Waals surface area (Å²) in [5.41, 5.74) is 11.3. The molecule has 0 aliphatic heterocycles. The molecule has 3 heteroatoms. The summed E-state index contributed by atoms with van der Waals surface area (Å²) in [6.07, 6.45) is 1.90. The van der Waals surface area contributed by atoms with Crippen LogP contribution < -0.4 is 5.73 Å². The predicted molar refractivity (Wildman–Crippen MR) is 76.2 cm³/mol. The predicted octanol–water partition coefficient (Wildman–Crippen LogP) is 3.37. The summed E-state index contributed by atoms with van der Waals surface area (Å²) < 4.78 is 1.88.